The van der Waals surface area contributed by atoms with E-state index in [1.54, 1.807) is 0 Å². The second kappa shape index (κ2) is 5.15. The van der Waals surface area contributed by atoms with Crippen LogP contribution in [0.2, 0.25) is 0 Å². The van der Waals surface area contributed by atoms with Crippen LogP contribution in [-0.4, -0.2) is 41.8 Å². The third kappa shape index (κ3) is 2.58. The second-order valence-electron chi connectivity index (χ2n) is 4.52. The largest absolute Gasteiger partial charge is 0.426 e. The van der Waals surface area contributed by atoms with Crippen molar-refractivity contribution in [3.63, 3.8) is 0 Å². The third-order valence-corrected chi connectivity index (χ3v) is 3.71. The summed E-state index contributed by atoms with van der Waals surface area (Å²) in [4.78, 5) is 0. The second-order valence-corrected chi connectivity index (χ2v) is 5.08. The molecule has 0 spiro atoms. The Labute approximate surface area is 114 Å². The lowest BCUT2D eigenvalue weighted by molar-refractivity contribution is -0.359. The molecular formula is C10H11ClF8O. The van der Waals surface area contributed by atoms with E-state index in [1.807, 2.05) is 0 Å². The van der Waals surface area contributed by atoms with Crippen LogP contribution in [0.5, 0.6) is 0 Å². The molecule has 1 rings (SSSR count). The van der Waals surface area contributed by atoms with Gasteiger partial charge in [0.1, 0.15) is 0 Å². The lowest BCUT2D eigenvalue weighted by atomic mass is 9.71. The minimum absolute atomic E-state index is 0.187. The van der Waals surface area contributed by atoms with Gasteiger partial charge >= 0.3 is 12.4 Å². The molecule has 0 amide bonds. The number of alkyl halides is 9. The van der Waals surface area contributed by atoms with Gasteiger partial charge in [0.25, 0.3) is 5.67 Å². The number of ether oxygens (including phenoxy) is 1. The van der Waals surface area contributed by atoms with E-state index in [0.717, 1.165) is 0 Å². The maximum absolute atomic E-state index is 14.0. The molecule has 1 saturated carbocycles. The molecule has 0 aliphatic heterocycles. The van der Waals surface area contributed by atoms with Crippen molar-refractivity contribution in [1.82, 2.24) is 0 Å². The molecule has 0 N–H and O–H groups in total. The first-order chi connectivity index (χ1) is 8.80. The third-order valence-electron chi connectivity index (χ3n) is 3.27. The van der Waals surface area contributed by atoms with Crippen molar-refractivity contribution in [3.8, 4) is 0 Å². The summed E-state index contributed by atoms with van der Waals surface area (Å²) < 4.78 is 109. The van der Waals surface area contributed by atoms with Crippen LogP contribution in [-0.2, 0) is 4.74 Å². The molecule has 20 heavy (non-hydrogen) atoms. The molecule has 10 heteroatoms. The predicted octanol–water partition coefficient (Wildman–Crippen LogP) is 4.33. The molecule has 0 aromatic heterocycles. The van der Waals surface area contributed by atoms with Gasteiger partial charge in [0.15, 0.2) is 0 Å². The van der Waals surface area contributed by atoms with E-state index in [4.69, 9.17) is 11.6 Å². The Balaban J connectivity index is 3.30. The van der Waals surface area contributed by atoms with Crippen LogP contribution in [0.15, 0.2) is 0 Å². The van der Waals surface area contributed by atoms with E-state index < -0.39 is 48.0 Å². The van der Waals surface area contributed by atoms with Crippen molar-refractivity contribution in [2.45, 2.75) is 54.9 Å². The SMILES string of the molecule is CCOC1CC(F)(C(F)(F)F)C(F)(C(F)(F)F)CC1Cl. The summed E-state index contributed by atoms with van der Waals surface area (Å²) in [6.45, 7) is 1.16. The van der Waals surface area contributed by atoms with Gasteiger partial charge in [0, 0.05) is 19.4 Å². The smallest absolute Gasteiger partial charge is 0.377 e. The highest BCUT2D eigenvalue weighted by atomic mass is 35.5. The van der Waals surface area contributed by atoms with Gasteiger partial charge in [-0.1, -0.05) is 0 Å². The monoisotopic (exact) mass is 334 g/mol. The molecule has 120 valence electrons. The van der Waals surface area contributed by atoms with Gasteiger partial charge in [0.05, 0.1) is 11.5 Å². The number of rotatable bonds is 2. The summed E-state index contributed by atoms with van der Waals surface area (Å²) in [5.74, 6) is 0. The molecular weight excluding hydrogens is 324 g/mol. The zero-order valence-corrected chi connectivity index (χ0v) is 10.8. The first-order valence-electron chi connectivity index (χ1n) is 5.57. The van der Waals surface area contributed by atoms with E-state index in [0.29, 0.717) is 0 Å². The Morgan fingerprint density at radius 3 is 1.75 bits per heavy atom. The minimum Gasteiger partial charge on any atom is -0.377 e. The fourth-order valence-corrected chi connectivity index (χ4v) is 2.56. The van der Waals surface area contributed by atoms with Gasteiger partial charge < -0.3 is 4.74 Å². The standard InChI is InChI=1S/C10H11ClF8O/c1-2-20-6-4-8(13,10(17,18)19)7(12,3-5(6)11)9(14,15)16/h5-6H,2-4H2,1H3. The Morgan fingerprint density at radius 1 is 1.00 bits per heavy atom. The normalized spacial score (nSPS) is 39.9. The molecule has 4 unspecified atom stereocenters. The molecule has 1 fully saturated rings. The Kier molecular flexibility index (Phi) is 4.57. The van der Waals surface area contributed by atoms with Crippen molar-refractivity contribution in [2.75, 3.05) is 6.61 Å². The van der Waals surface area contributed by atoms with Gasteiger partial charge in [-0.25, -0.2) is 8.78 Å². The van der Waals surface area contributed by atoms with Crippen LogP contribution in [0.3, 0.4) is 0 Å². The summed E-state index contributed by atoms with van der Waals surface area (Å²) in [5, 5.41) is -1.72. The lowest BCUT2D eigenvalue weighted by Crippen LogP contribution is -2.69. The Morgan fingerprint density at radius 2 is 1.40 bits per heavy atom. The molecule has 1 aliphatic carbocycles. The lowest BCUT2D eigenvalue weighted by Gasteiger charge is -2.48. The molecule has 4 atom stereocenters. The molecule has 0 saturated heterocycles. The number of hydrogen-bond acceptors (Lipinski definition) is 1. The fraction of sp³-hybridized carbons (Fsp3) is 1.00. The zero-order chi connectivity index (χ0) is 16.0. The topological polar surface area (TPSA) is 9.23 Å². The molecule has 0 aromatic carbocycles. The quantitative estimate of drug-likeness (QED) is 0.539. The molecule has 0 heterocycles. The molecule has 1 nitrogen and oxygen atoms in total. The fourth-order valence-electron chi connectivity index (χ4n) is 2.19. The van der Waals surface area contributed by atoms with Gasteiger partial charge in [-0.2, -0.15) is 26.3 Å². The van der Waals surface area contributed by atoms with E-state index in [9.17, 15) is 35.1 Å². The summed E-state index contributed by atoms with van der Waals surface area (Å²) in [7, 11) is 0. The molecule has 0 radical (unpaired) electrons. The summed E-state index contributed by atoms with van der Waals surface area (Å²) in [6, 6.07) is 0. The van der Waals surface area contributed by atoms with Crippen molar-refractivity contribution in [2.24, 2.45) is 0 Å². The Bertz CT molecular complexity index is 356. The van der Waals surface area contributed by atoms with Crippen LogP contribution < -0.4 is 0 Å². The molecule has 0 bridgehead atoms. The number of halogens is 9. The van der Waals surface area contributed by atoms with Crippen molar-refractivity contribution in [1.29, 1.82) is 0 Å². The van der Waals surface area contributed by atoms with Gasteiger partial charge in [-0.15, -0.1) is 11.6 Å². The van der Waals surface area contributed by atoms with Crippen LogP contribution in [0.25, 0.3) is 0 Å². The van der Waals surface area contributed by atoms with Crippen molar-refractivity contribution < 1.29 is 39.9 Å². The van der Waals surface area contributed by atoms with E-state index >= 15 is 0 Å². The molecule has 0 aromatic rings. The van der Waals surface area contributed by atoms with E-state index in [2.05, 4.69) is 4.74 Å². The van der Waals surface area contributed by atoms with E-state index in [-0.39, 0.29) is 6.61 Å². The zero-order valence-electron chi connectivity index (χ0n) is 10.1. The van der Waals surface area contributed by atoms with Gasteiger partial charge in [0.2, 0.25) is 5.67 Å². The summed E-state index contributed by atoms with van der Waals surface area (Å²) >= 11 is 5.43. The highest BCUT2D eigenvalue weighted by Gasteiger charge is 2.81. The maximum Gasteiger partial charge on any atom is 0.426 e. The van der Waals surface area contributed by atoms with Gasteiger partial charge in [-0.3, -0.25) is 0 Å². The number of hydrogen-bond donors (Lipinski definition) is 0. The van der Waals surface area contributed by atoms with Crippen LogP contribution in [0, 0.1) is 0 Å². The first kappa shape index (κ1) is 17.7. The van der Waals surface area contributed by atoms with Crippen LogP contribution in [0.4, 0.5) is 35.1 Å². The van der Waals surface area contributed by atoms with Gasteiger partial charge in [-0.05, 0) is 6.92 Å². The highest BCUT2D eigenvalue weighted by Crippen LogP contribution is 2.59. The van der Waals surface area contributed by atoms with Crippen molar-refractivity contribution in [3.05, 3.63) is 0 Å². The predicted molar refractivity (Wildman–Crippen MR) is 54.1 cm³/mol. The minimum atomic E-state index is -6.04. The average Bonchev–Trinajstić information content (AvgIpc) is 2.23. The highest BCUT2D eigenvalue weighted by molar-refractivity contribution is 6.21. The molecule has 1 aliphatic rings. The first-order valence-corrected chi connectivity index (χ1v) is 6.00. The Hall–Kier alpha value is -0.310. The van der Waals surface area contributed by atoms with Crippen LogP contribution in [0.1, 0.15) is 19.8 Å². The van der Waals surface area contributed by atoms with E-state index in [1.165, 1.54) is 6.92 Å². The summed E-state index contributed by atoms with van der Waals surface area (Å²) in [6.07, 6.45) is -17.4. The van der Waals surface area contributed by atoms with Crippen molar-refractivity contribution >= 4 is 11.6 Å². The van der Waals surface area contributed by atoms with Crippen LogP contribution >= 0.6 is 11.6 Å². The summed E-state index contributed by atoms with van der Waals surface area (Å²) in [5.41, 5.74) is -10.2. The maximum atomic E-state index is 14.0. The average molecular weight is 335 g/mol.